The van der Waals surface area contributed by atoms with Gasteiger partial charge < -0.3 is 9.84 Å². The van der Waals surface area contributed by atoms with Crippen molar-refractivity contribution in [3.63, 3.8) is 0 Å². The van der Waals surface area contributed by atoms with Crippen molar-refractivity contribution >= 4 is 0 Å². The summed E-state index contributed by atoms with van der Waals surface area (Å²) >= 11 is 0. The van der Waals surface area contributed by atoms with Crippen molar-refractivity contribution in [2.24, 2.45) is 0 Å². The highest BCUT2D eigenvalue weighted by Gasteiger charge is 2.38. The highest BCUT2D eigenvalue weighted by Crippen LogP contribution is 2.54. The summed E-state index contributed by atoms with van der Waals surface area (Å²) in [6, 6.07) is 0. The zero-order valence-electron chi connectivity index (χ0n) is 8.82. The molecule has 3 rings (SSSR count). The lowest BCUT2D eigenvalue weighted by molar-refractivity contribution is 0.354. The molecule has 1 aromatic rings. The van der Waals surface area contributed by atoms with E-state index in [1.165, 1.54) is 12.7 Å². The van der Waals surface area contributed by atoms with Crippen molar-refractivity contribution in [1.82, 2.24) is 4.98 Å². The minimum atomic E-state index is 0.231. The predicted molar refractivity (Wildman–Crippen MR) is 56.4 cm³/mol. The number of methoxy groups -OCH3 is 1. The molecule has 0 fully saturated rings. The molecule has 2 unspecified atom stereocenters. The largest absolute Gasteiger partial charge is 0.503 e. The smallest absolute Gasteiger partial charge is 0.257 e. The lowest BCUT2D eigenvalue weighted by Crippen LogP contribution is -2.02. The van der Waals surface area contributed by atoms with Crippen molar-refractivity contribution < 1.29 is 9.84 Å². The summed E-state index contributed by atoms with van der Waals surface area (Å²) in [6.07, 6.45) is 5.47. The first-order valence-electron chi connectivity index (χ1n) is 5.18. The highest BCUT2D eigenvalue weighted by molar-refractivity contribution is 5.58. The van der Waals surface area contributed by atoms with Crippen LogP contribution in [-0.4, -0.2) is 17.2 Å². The number of aryl methyl sites for hydroxylation is 1. The molecular weight excluding hydrogens is 190 g/mol. The van der Waals surface area contributed by atoms with Gasteiger partial charge in [0.2, 0.25) is 0 Å². The maximum atomic E-state index is 10.0. The molecule has 0 aromatic carbocycles. The highest BCUT2D eigenvalue weighted by atomic mass is 16.5. The molecule has 1 heterocycles. The standard InChI is InChI=1S/C12H13NO2/c1-6-9-7-3-4-8(5-7)10(9)11(14)12(13-6)15-2/h3-4,7-8,14H,5H2,1-2H3. The normalized spacial score (nSPS) is 25.7. The maximum Gasteiger partial charge on any atom is 0.257 e. The monoisotopic (exact) mass is 203 g/mol. The second-order valence-corrected chi connectivity index (χ2v) is 4.22. The molecule has 0 radical (unpaired) electrons. The number of aromatic nitrogens is 1. The Hall–Kier alpha value is -1.51. The number of pyridine rings is 1. The van der Waals surface area contributed by atoms with Gasteiger partial charge in [-0.2, -0.15) is 0 Å². The number of fused-ring (bicyclic) bond motifs is 5. The fourth-order valence-corrected chi connectivity index (χ4v) is 2.82. The Morgan fingerprint density at radius 2 is 2.00 bits per heavy atom. The van der Waals surface area contributed by atoms with Gasteiger partial charge in [0.15, 0.2) is 5.75 Å². The number of ether oxygens (including phenoxy) is 1. The molecule has 3 nitrogen and oxygen atoms in total. The second kappa shape index (κ2) is 2.75. The number of rotatable bonds is 1. The van der Waals surface area contributed by atoms with E-state index >= 15 is 0 Å². The Morgan fingerprint density at radius 1 is 1.33 bits per heavy atom. The first-order valence-corrected chi connectivity index (χ1v) is 5.18. The predicted octanol–water partition coefficient (Wildman–Crippen LogP) is 2.24. The summed E-state index contributed by atoms with van der Waals surface area (Å²) in [6.45, 7) is 1.98. The van der Waals surface area contributed by atoms with E-state index in [9.17, 15) is 5.11 Å². The minimum absolute atomic E-state index is 0.231. The zero-order valence-corrected chi connectivity index (χ0v) is 8.82. The molecular formula is C12H13NO2. The molecule has 0 saturated carbocycles. The molecule has 3 heteroatoms. The Morgan fingerprint density at radius 3 is 2.67 bits per heavy atom. The van der Waals surface area contributed by atoms with E-state index in [0.717, 1.165) is 17.7 Å². The summed E-state index contributed by atoms with van der Waals surface area (Å²) in [7, 11) is 1.54. The topological polar surface area (TPSA) is 42.4 Å². The number of nitrogens with zero attached hydrogens (tertiary/aromatic N) is 1. The molecule has 0 saturated heterocycles. The van der Waals surface area contributed by atoms with Crippen LogP contribution in [-0.2, 0) is 0 Å². The maximum absolute atomic E-state index is 10.0. The Kier molecular flexibility index (Phi) is 1.61. The number of allylic oxidation sites excluding steroid dienone is 2. The summed E-state index contributed by atoms with van der Waals surface area (Å²) in [5.41, 5.74) is 3.23. The van der Waals surface area contributed by atoms with Crippen LogP contribution in [0.5, 0.6) is 11.6 Å². The quantitative estimate of drug-likeness (QED) is 0.712. The van der Waals surface area contributed by atoms with E-state index in [0.29, 0.717) is 17.7 Å². The Labute approximate surface area is 88.4 Å². The fraction of sp³-hybridized carbons (Fsp3) is 0.417. The molecule has 0 spiro atoms. The summed E-state index contributed by atoms with van der Waals surface area (Å²) in [4.78, 5) is 4.28. The third-order valence-electron chi connectivity index (χ3n) is 3.43. The van der Waals surface area contributed by atoms with Crippen molar-refractivity contribution in [3.05, 3.63) is 29.0 Å². The van der Waals surface area contributed by atoms with Crippen LogP contribution in [0.25, 0.3) is 0 Å². The van der Waals surface area contributed by atoms with Crippen LogP contribution in [0.4, 0.5) is 0 Å². The fourth-order valence-electron chi connectivity index (χ4n) is 2.82. The summed E-state index contributed by atoms with van der Waals surface area (Å²) in [5, 5.41) is 10.0. The van der Waals surface area contributed by atoms with Crippen LogP contribution in [0.2, 0.25) is 0 Å². The summed E-state index contributed by atoms with van der Waals surface area (Å²) in [5.74, 6) is 1.40. The van der Waals surface area contributed by atoms with Crippen molar-refractivity contribution in [2.75, 3.05) is 7.11 Å². The molecule has 78 valence electrons. The Balaban J connectivity index is 2.28. The molecule has 2 bridgehead atoms. The third-order valence-corrected chi connectivity index (χ3v) is 3.43. The first-order chi connectivity index (χ1) is 7.22. The van der Waals surface area contributed by atoms with Gasteiger partial charge in [-0.3, -0.25) is 0 Å². The third kappa shape index (κ3) is 0.978. The molecule has 1 aromatic heterocycles. The number of aromatic hydroxyl groups is 1. The first kappa shape index (κ1) is 8.77. The average Bonchev–Trinajstić information content (AvgIpc) is 2.83. The van der Waals surface area contributed by atoms with Crippen LogP contribution in [0.1, 0.15) is 35.1 Å². The molecule has 15 heavy (non-hydrogen) atoms. The average molecular weight is 203 g/mol. The van der Waals surface area contributed by atoms with Crippen LogP contribution in [0.15, 0.2) is 12.2 Å². The van der Waals surface area contributed by atoms with Crippen molar-refractivity contribution in [2.45, 2.75) is 25.2 Å². The van der Waals surface area contributed by atoms with Gasteiger partial charge >= 0.3 is 0 Å². The summed E-state index contributed by atoms with van der Waals surface area (Å²) < 4.78 is 5.07. The van der Waals surface area contributed by atoms with Crippen molar-refractivity contribution in [3.8, 4) is 11.6 Å². The zero-order chi connectivity index (χ0) is 10.6. The van der Waals surface area contributed by atoms with Gasteiger partial charge in [-0.1, -0.05) is 12.2 Å². The molecule has 1 N–H and O–H groups in total. The van der Waals surface area contributed by atoms with E-state index in [1.807, 2.05) is 6.92 Å². The van der Waals surface area contributed by atoms with Gasteiger partial charge in [0.1, 0.15) is 0 Å². The number of hydrogen-bond acceptors (Lipinski definition) is 3. The van der Waals surface area contributed by atoms with Gasteiger partial charge in [-0.15, -0.1) is 0 Å². The van der Waals surface area contributed by atoms with E-state index in [-0.39, 0.29) is 5.75 Å². The number of hydrogen-bond donors (Lipinski definition) is 1. The van der Waals surface area contributed by atoms with Crippen LogP contribution >= 0.6 is 0 Å². The van der Waals surface area contributed by atoms with Gasteiger partial charge in [-0.05, 0) is 18.9 Å². The van der Waals surface area contributed by atoms with Crippen LogP contribution < -0.4 is 4.74 Å². The van der Waals surface area contributed by atoms with Gasteiger partial charge in [-0.25, -0.2) is 4.98 Å². The van der Waals surface area contributed by atoms with Crippen LogP contribution in [0, 0.1) is 6.92 Å². The second-order valence-electron chi connectivity index (χ2n) is 4.22. The van der Waals surface area contributed by atoms with E-state index < -0.39 is 0 Å². The SMILES string of the molecule is COc1nc(C)c2c(c1O)C1C=CC2C1. The minimum Gasteiger partial charge on any atom is -0.503 e. The van der Waals surface area contributed by atoms with Gasteiger partial charge in [0.05, 0.1) is 7.11 Å². The van der Waals surface area contributed by atoms with Crippen molar-refractivity contribution in [1.29, 1.82) is 0 Å². The molecule has 0 amide bonds. The van der Waals surface area contributed by atoms with Crippen LogP contribution in [0.3, 0.4) is 0 Å². The lowest BCUT2D eigenvalue weighted by atomic mass is 9.95. The molecule has 2 aliphatic rings. The Bertz CT molecular complexity index is 465. The van der Waals surface area contributed by atoms with E-state index in [2.05, 4.69) is 17.1 Å². The van der Waals surface area contributed by atoms with Gasteiger partial charge in [0.25, 0.3) is 5.88 Å². The van der Waals surface area contributed by atoms with Gasteiger partial charge in [0, 0.05) is 23.1 Å². The van der Waals surface area contributed by atoms with E-state index in [1.54, 1.807) is 0 Å². The lowest BCUT2D eigenvalue weighted by Gasteiger charge is -2.16. The molecule has 0 aliphatic heterocycles. The molecule has 2 atom stereocenters. The molecule has 2 aliphatic carbocycles. The van der Waals surface area contributed by atoms with E-state index in [4.69, 9.17) is 4.74 Å².